The van der Waals surface area contributed by atoms with Gasteiger partial charge in [-0.1, -0.05) is 37.6 Å². The lowest BCUT2D eigenvalue weighted by Crippen LogP contribution is -2.11. The number of halogens is 1. The van der Waals surface area contributed by atoms with Gasteiger partial charge in [0.1, 0.15) is 5.75 Å². The normalized spacial score (nSPS) is 20.9. The van der Waals surface area contributed by atoms with E-state index in [1.807, 2.05) is 37.3 Å². The first kappa shape index (κ1) is 20.0. The summed E-state index contributed by atoms with van der Waals surface area (Å²) < 4.78 is 28.5. The molecule has 0 aliphatic heterocycles. The number of nitrogens with two attached hydrogens (primary N) is 1. The van der Waals surface area contributed by atoms with Crippen LogP contribution < -0.4 is 15.2 Å². The molecule has 1 saturated carbocycles. The van der Waals surface area contributed by atoms with E-state index in [-0.39, 0.29) is 10.3 Å². The highest BCUT2D eigenvalue weighted by Crippen LogP contribution is 2.64. The average Bonchev–Trinajstić information content (AvgIpc) is 3.15. The van der Waals surface area contributed by atoms with Gasteiger partial charge >= 0.3 is 0 Å². The molecule has 2 aromatic carbocycles. The number of anilines is 1. The van der Waals surface area contributed by atoms with Crippen molar-refractivity contribution in [3.8, 4) is 5.75 Å². The molecule has 2 atom stereocenters. The van der Waals surface area contributed by atoms with E-state index in [9.17, 15) is 8.42 Å². The van der Waals surface area contributed by atoms with Crippen LogP contribution in [0.1, 0.15) is 32.3 Å². The molecule has 27 heavy (non-hydrogen) atoms. The van der Waals surface area contributed by atoms with Crippen LogP contribution in [0.3, 0.4) is 0 Å². The van der Waals surface area contributed by atoms with Crippen molar-refractivity contribution in [3.63, 3.8) is 0 Å². The zero-order valence-corrected chi connectivity index (χ0v) is 17.3. The fourth-order valence-electron chi connectivity index (χ4n) is 3.79. The lowest BCUT2D eigenvalue weighted by molar-refractivity contribution is 0.341. The Labute approximate surface area is 165 Å². The van der Waals surface area contributed by atoms with Crippen LogP contribution in [0.4, 0.5) is 5.69 Å². The van der Waals surface area contributed by atoms with Gasteiger partial charge in [-0.05, 0) is 60.1 Å². The molecule has 3 N–H and O–H groups in total. The van der Waals surface area contributed by atoms with Gasteiger partial charge in [-0.15, -0.1) is 0 Å². The topological polar surface area (TPSA) is 81.4 Å². The minimum atomic E-state index is -3.67. The molecule has 0 aromatic heterocycles. The van der Waals surface area contributed by atoms with E-state index in [1.54, 1.807) is 12.1 Å². The van der Waals surface area contributed by atoms with E-state index < -0.39 is 10.0 Å². The van der Waals surface area contributed by atoms with Gasteiger partial charge < -0.3 is 10.1 Å². The third-order valence-electron chi connectivity index (χ3n) is 5.37. The molecule has 7 heteroatoms. The van der Waals surface area contributed by atoms with E-state index in [4.69, 9.17) is 21.5 Å². The number of hydrogen-bond acceptors (Lipinski definition) is 4. The number of sulfonamides is 1. The molecular formula is C20H25ClN2O3S. The Morgan fingerprint density at radius 3 is 2.44 bits per heavy atom. The second kappa shape index (κ2) is 7.34. The first-order valence-electron chi connectivity index (χ1n) is 8.93. The van der Waals surface area contributed by atoms with E-state index >= 15 is 0 Å². The third-order valence-corrected chi connectivity index (χ3v) is 6.54. The first-order valence-corrected chi connectivity index (χ1v) is 10.9. The Kier molecular flexibility index (Phi) is 5.43. The van der Waals surface area contributed by atoms with E-state index in [2.05, 4.69) is 19.2 Å². The summed E-state index contributed by atoms with van der Waals surface area (Å²) in [4.78, 5) is 0.139. The van der Waals surface area contributed by atoms with Crippen LogP contribution in [0.15, 0.2) is 47.4 Å². The Morgan fingerprint density at radius 1 is 1.19 bits per heavy atom. The molecule has 0 saturated heterocycles. The summed E-state index contributed by atoms with van der Waals surface area (Å²) in [6.45, 7) is 7.75. The largest absolute Gasteiger partial charge is 0.492 e. The molecule has 3 rings (SSSR count). The van der Waals surface area contributed by atoms with Gasteiger partial charge in [0.15, 0.2) is 0 Å². The van der Waals surface area contributed by atoms with Crippen molar-refractivity contribution in [2.75, 3.05) is 18.5 Å². The van der Waals surface area contributed by atoms with Crippen molar-refractivity contribution in [3.05, 3.63) is 53.1 Å². The average molecular weight is 409 g/mol. The van der Waals surface area contributed by atoms with E-state index in [0.29, 0.717) is 23.5 Å². The molecule has 0 heterocycles. The summed E-state index contributed by atoms with van der Waals surface area (Å²) in [7, 11) is -3.67. The van der Waals surface area contributed by atoms with Crippen LogP contribution in [0.2, 0.25) is 5.02 Å². The summed E-state index contributed by atoms with van der Waals surface area (Å²) >= 11 is 6.13. The molecular weight excluding hydrogens is 384 g/mol. The summed E-state index contributed by atoms with van der Waals surface area (Å²) in [5.74, 6) is 1.54. The second-order valence-electron chi connectivity index (χ2n) is 7.47. The van der Waals surface area contributed by atoms with E-state index in [1.165, 1.54) is 0 Å². The second-order valence-corrected chi connectivity index (χ2v) is 9.47. The lowest BCUT2D eigenvalue weighted by Gasteiger charge is -2.13. The Hall–Kier alpha value is -1.76. The molecule has 146 valence electrons. The predicted octanol–water partition coefficient (Wildman–Crippen LogP) is 4.24. The molecule has 0 radical (unpaired) electrons. The summed E-state index contributed by atoms with van der Waals surface area (Å²) in [6.07, 6.45) is 0. The quantitative estimate of drug-likeness (QED) is 0.717. The number of nitrogens with one attached hydrogen (secondary N) is 1. The number of ether oxygens (including phenoxy) is 1. The van der Waals surface area contributed by atoms with Crippen LogP contribution in [0.25, 0.3) is 0 Å². The number of primary sulfonamides is 1. The van der Waals surface area contributed by atoms with Crippen molar-refractivity contribution in [1.29, 1.82) is 0 Å². The van der Waals surface area contributed by atoms with Gasteiger partial charge in [-0.3, -0.25) is 0 Å². The van der Waals surface area contributed by atoms with Gasteiger partial charge in [-0.25, -0.2) is 13.6 Å². The molecule has 1 aliphatic rings. The SMILES string of the molecule is CCOc1ccc(Cl)cc1NCC1[C@@H](c2ccc(S(N)(=O)=O)cc2)C1(C)C. The van der Waals surface area contributed by atoms with Crippen molar-refractivity contribution >= 4 is 27.3 Å². The van der Waals surface area contributed by atoms with Crippen molar-refractivity contribution < 1.29 is 13.2 Å². The Balaban J connectivity index is 1.73. The first-order chi connectivity index (χ1) is 12.6. The minimum Gasteiger partial charge on any atom is -0.492 e. The molecule has 1 aliphatic carbocycles. The molecule has 0 spiro atoms. The third kappa shape index (κ3) is 4.23. The minimum absolute atomic E-state index is 0.112. The fourth-order valence-corrected chi connectivity index (χ4v) is 4.48. The van der Waals surface area contributed by atoms with Crippen LogP contribution in [0, 0.1) is 11.3 Å². The summed E-state index contributed by atoms with van der Waals surface area (Å²) in [6, 6.07) is 12.4. The maximum absolute atomic E-state index is 11.4. The van der Waals surface area contributed by atoms with Crippen molar-refractivity contribution in [1.82, 2.24) is 0 Å². The summed E-state index contributed by atoms with van der Waals surface area (Å²) in [5, 5.41) is 9.31. The molecule has 5 nitrogen and oxygen atoms in total. The number of rotatable bonds is 7. The fraction of sp³-hybridized carbons (Fsp3) is 0.400. The number of benzene rings is 2. The molecule has 0 bridgehead atoms. The smallest absolute Gasteiger partial charge is 0.238 e. The van der Waals surface area contributed by atoms with Crippen LogP contribution in [-0.4, -0.2) is 21.6 Å². The highest BCUT2D eigenvalue weighted by Gasteiger charge is 2.57. The maximum atomic E-state index is 11.4. The Bertz CT molecular complexity index is 927. The van der Waals surface area contributed by atoms with Gasteiger partial charge in [0.25, 0.3) is 0 Å². The molecule has 2 aromatic rings. The monoisotopic (exact) mass is 408 g/mol. The van der Waals surface area contributed by atoms with Crippen LogP contribution >= 0.6 is 11.6 Å². The highest BCUT2D eigenvalue weighted by atomic mass is 35.5. The standard InChI is InChI=1S/C20H25ClN2O3S/c1-4-26-18-10-7-14(21)11-17(18)23-12-16-19(20(16,2)3)13-5-8-15(9-6-13)27(22,24)25/h5-11,16,19,23H,4,12H2,1-3H3,(H2,22,24,25)/t16?,19-/m1/s1. The van der Waals surface area contributed by atoms with Crippen LogP contribution in [0.5, 0.6) is 5.75 Å². The van der Waals surface area contributed by atoms with Crippen LogP contribution in [-0.2, 0) is 10.0 Å². The number of hydrogen-bond donors (Lipinski definition) is 2. The molecule has 1 unspecified atom stereocenters. The van der Waals surface area contributed by atoms with Gasteiger partial charge in [0.2, 0.25) is 10.0 Å². The van der Waals surface area contributed by atoms with Crippen molar-refractivity contribution in [2.45, 2.75) is 31.6 Å². The predicted molar refractivity (Wildman–Crippen MR) is 109 cm³/mol. The molecule has 0 amide bonds. The van der Waals surface area contributed by atoms with Gasteiger partial charge in [0.05, 0.1) is 17.2 Å². The molecule has 1 fully saturated rings. The van der Waals surface area contributed by atoms with E-state index in [0.717, 1.165) is 23.5 Å². The van der Waals surface area contributed by atoms with Gasteiger partial charge in [-0.2, -0.15) is 0 Å². The van der Waals surface area contributed by atoms with Crippen molar-refractivity contribution in [2.24, 2.45) is 16.5 Å². The highest BCUT2D eigenvalue weighted by molar-refractivity contribution is 7.89. The Morgan fingerprint density at radius 2 is 1.85 bits per heavy atom. The lowest BCUT2D eigenvalue weighted by atomic mass is 10.0. The maximum Gasteiger partial charge on any atom is 0.238 e. The van der Waals surface area contributed by atoms with Gasteiger partial charge in [0, 0.05) is 11.6 Å². The summed E-state index contributed by atoms with van der Waals surface area (Å²) in [5.41, 5.74) is 2.12. The zero-order chi connectivity index (χ0) is 19.8. The zero-order valence-electron chi connectivity index (χ0n) is 15.7.